The highest BCUT2D eigenvalue weighted by atomic mass is 14.8. The minimum absolute atomic E-state index is 0.136. The van der Waals surface area contributed by atoms with Crippen molar-refractivity contribution in [3.63, 3.8) is 0 Å². The second-order valence-corrected chi connectivity index (χ2v) is 4.57. The summed E-state index contributed by atoms with van der Waals surface area (Å²) in [6, 6.07) is 8.47. The second kappa shape index (κ2) is 2.94. The Kier molecular flexibility index (Phi) is 1.99. The van der Waals surface area contributed by atoms with Crippen molar-refractivity contribution in [3.05, 3.63) is 29.8 Å². The van der Waals surface area contributed by atoms with E-state index in [9.17, 15) is 0 Å². The smallest absolute Gasteiger partial charge is 0.0670 e. The Bertz CT molecular complexity index is 390. The minimum Gasteiger partial charge on any atom is -0.257 e. The topological polar surface area (TPSA) is 12.4 Å². The molecule has 1 atom stereocenters. The maximum atomic E-state index is 4.64. The molecular weight excluding hydrogens is 170 g/mol. The first-order valence-corrected chi connectivity index (χ1v) is 5.22. The van der Waals surface area contributed by atoms with E-state index in [0.29, 0.717) is 5.92 Å². The lowest BCUT2D eigenvalue weighted by Crippen LogP contribution is -2.33. The molecule has 1 heterocycles. The summed E-state index contributed by atoms with van der Waals surface area (Å²) >= 11 is 0. The number of rotatable bonds is 1. The molecule has 1 aliphatic rings. The quantitative estimate of drug-likeness (QED) is 0.635. The molecule has 0 radical (unpaired) electrons. The van der Waals surface area contributed by atoms with Gasteiger partial charge in [0.25, 0.3) is 0 Å². The molecule has 0 N–H and O–H groups in total. The molecule has 0 amide bonds. The van der Waals surface area contributed by atoms with Crippen molar-refractivity contribution >= 4 is 11.4 Å². The van der Waals surface area contributed by atoms with E-state index < -0.39 is 0 Å². The molecule has 1 aliphatic heterocycles. The van der Waals surface area contributed by atoms with E-state index in [2.05, 4.69) is 57.0 Å². The van der Waals surface area contributed by atoms with Gasteiger partial charge in [0.1, 0.15) is 0 Å². The zero-order valence-corrected chi connectivity index (χ0v) is 9.33. The molecule has 0 spiro atoms. The van der Waals surface area contributed by atoms with Gasteiger partial charge in [-0.05, 0) is 31.4 Å². The molecule has 0 fully saturated rings. The molecule has 2 rings (SSSR count). The summed E-state index contributed by atoms with van der Waals surface area (Å²) in [4.78, 5) is 4.64. The fourth-order valence-corrected chi connectivity index (χ4v) is 2.23. The number of benzene rings is 1. The van der Waals surface area contributed by atoms with Gasteiger partial charge in [-0.2, -0.15) is 0 Å². The molecule has 0 saturated carbocycles. The van der Waals surface area contributed by atoms with Gasteiger partial charge in [-0.25, -0.2) is 0 Å². The highest BCUT2D eigenvalue weighted by Gasteiger charge is 2.38. The van der Waals surface area contributed by atoms with Gasteiger partial charge in [-0.3, -0.25) is 4.99 Å². The molecule has 1 unspecified atom stereocenters. The Hall–Kier alpha value is -1.11. The number of para-hydroxylation sites is 1. The van der Waals surface area contributed by atoms with Crippen LogP contribution in [0.5, 0.6) is 0 Å². The van der Waals surface area contributed by atoms with Crippen LogP contribution in [0.15, 0.2) is 29.3 Å². The van der Waals surface area contributed by atoms with Crippen LogP contribution in [0, 0.1) is 5.92 Å². The van der Waals surface area contributed by atoms with Crippen LogP contribution in [-0.2, 0) is 5.41 Å². The molecule has 74 valence electrons. The number of fused-ring (bicyclic) bond motifs is 1. The van der Waals surface area contributed by atoms with Crippen molar-refractivity contribution in [2.24, 2.45) is 10.9 Å². The van der Waals surface area contributed by atoms with E-state index in [1.165, 1.54) is 11.3 Å². The number of hydrogen-bond donors (Lipinski definition) is 0. The van der Waals surface area contributed by atoms with Crippen LogP contribution < -0.4 is 0 Å². The molecule has 1 nitrogen and oxygen atoms in total. The highest BCUT2D eigenvalue weighted by Crippen LogP contribution is 2.44. The van der Waals surface area contributed by atoms with Gasteiger partial charge in [0, 0.05) is 11.1 Å². The molecule has 0 bridgehead atoms. The molecule has 0 aliphatic carbocycles. The van der Waals surface area contributed by atoms with Crippen molar-refractivity contribution in [3.8, 4) is 0 Å². The lowest BCUT2D eigenvalue weighted by Gasteiger charge is -2.30. The predicted octanol–water partition coefficient (Wildman–Crippen LogP) is 3.71. The monoisotopic (exact) mass is 187 g/mol. The Morgan fingerprint density at radius 2 is 1.86 bits per heavy atom. The summed E-state index contributed by atoms with van der Waals surface area (Å²) in [6.45, 7) is 8.96. The summed E-state index contributed by atoms with van der Waals surface area (Å²) in [7, 11) is 0. The third kappa shape index (κ3) is 1.05. The molecule has 14 heavy (non-hydrogen) atoms. The fraction of sp³-hybridized carbons (Fsp3) is 0.462. The zero-order valence-electron chi connectivity index (χ0n) is 9.33. The van der Waals surface area contributed by atoms with Crippen LogP contribution in [0.1, 0.15) is 33.3 Å². The van der Waals surface area contributed by atoms with Gasteiger partial charge in [0.05, 0.1) is 5.69 Å². The van der Waals surface area contributed by atoms with E-state index in [0.717, 1.165) is 5.69 Å². The Morgan fingerprint density at radius 3 is 2.50 bits per heavy atom. The average Bonchev–Trinajstić information content (AvgIpc) is 2.41. The van der Waals surface area contributed by atoms with Crippen molar-refractivity contribution in [1.82, 2.24) is 0 Å². The van der Waals surface area contributed by atoms with Crippen molar-refractivity contribution < 1.29 is 0 Å². The molecular formula is C13H17N. The van der Waals surface area contributed by atoms with Gasteiger partial charge in [-0.15, -0.1) is 0 Å². The van der Waals surface area contributed by atoms with Crippen LogP contribution in [0.2, 0.25) is 0 Å². The molecule has 1 aromatic carbocycles. The average molecular weight is 187 g/mol. The molecule has 1 heteroatoms. The summed E-state index contributed by atoms with van der Waals surface area (Å²) in [5.74, 6) is 0.592. The first-order valence-electron chi connectivity index (χ1n) is 5.22. The minimum atomic E-state index is 0.136. The molecule has 1 aromatic rings. The largest absolute Gasteiger partial charge is 0.257 e. The second-order valence-electron chi connectivity index (χ2n) is 4.57. The van der Waals surface area contributed by atoms with Crippen LogP contribution in [-0.4, -0.2) is 5.71 Å². The number of hydrogen-bond acceptors (Lipinski definition) is 1. The third-order valence-electron chi connectivity index (χ3n) is 3.66. The number of nitrogens with zero attached hydrogens (tertiary/aromatic N) is 1. The Morgan fingerprint density at radius 1 is 1.21 bits per heavy atom. The maximum Gasteiger partial charge on any atom is 0.0670 e. The predicted molar refractivity (Wildman–Crippen MR) is 61.4 cm³/mol. The van der Waals surface area contributed by atoms with Crippen LogP contribution in [0.3, 0.4) is 0 Å². The van der Waals surface area contributed by atoms with Crippen molar-refractivity contribution in [2.45, 2.75) is 33.1 Å². The van der Waals surface area contributed by atoms with E-state index in [4.69, 9.17) is 0 Å². The van der Waals surface area contributed by atoms with Gasteiger partial charge >= 0.3 is 0 Å². The van der Waals surface area contributed by atoms with Crippen LogP contribution in [0.25, 0.3) is 0 Å². The van der Waals surface area contributed by atoms with E-state index in [-0.39, 0.29) is 5.41 Å². The van der Waals surface area contributed by atoms with Crippen molar-refractivity contribution in [1.29, 1.82) is 0 Å². The lowest BCUT2D eigenvalue weighted by molar-refractivity contribution is 0.456. The first-order chi connectivity index (χ1) is 6.56. The van der Waals surface area contributed by atoms with Crippen LogP contribution in [0.4, 0.5) is 5.69 Å². The third-order valence-corrected chi connectivity index (χ3v) is 3.66. The Labute approximate surface area is 85.9 Å². The first kappa shape index (κ1) is 9.45. The van der Waals surface area contributed by atoms with E-state index >= 15 is 0 Å². The van der Waals surface area contributed by atoms with Gasteiger partial charge < -0.3 is 0 Å². The normalized spacial score (nSPS) is 25.1. The summed E-state index contributed by atoms with van der Waals surface area (Å²) in [5.41, 5.74) is 3.92. The maximum absolute atomic E-state index is 4.64. The standard InChI is InChI=1S/C13H17N/c1-9(2)13(4)10(3)14-12-8-6-5-7-11(12)13/h5-9H,1-4H3. The summed E-state index contributed by atoms with van der Waals surface area (Å²) in [6.07, 6.45) is 0. The van der Waals surface area contributed by atoms with Gasteiger partial charge in [0.2, 0.25) is 0 Å². The highest BCUT2D eigenvalue weighted by molar-refractivity contribution is 6.00. The summed E-state index contributed by atoms with van der Waals surface area (Å²) < 4.78 is 0. The van der Waals surface area contributed by atoms with Gasteiger partial charge in [0.15, 0.2) is 0 Å². The van der Waals surface area contributed by atoms with Crippen LogP contribution >= 0.6 is 0 Å². The molecule has 0 aromatic heterocycles. The lowest BCUT2D eigenvalue weighted by atomic mass is 9.71. The van der Waals surface area contributed by atoms with E-state index in [1.54, 1.807) is 0 Å². The Balaban J connectivity index is 2.62. The van der Waals surface area contributed by atoms with Gasteiger partial charge in [-0.1, -0.05) is 32.0 Å². The van der Waals surface area contributed by atoms with Crippen molar-refractivity contribution in [2.75, 3.05) is 0 Å². The van der Waals surface area contributed by atoms with E-state index in [1.807, 2.05) is 0 Å². The number of aliphatic imine (C=N–C) groups is 1. The molecule has 0 saturated heterocycles. The zero-order chi connectivity index (χ0) is 10.3. The summed E-state index contributed by atoms with van der Waals surface area (Å²) in [5, 5.41) is 0. The SMILES string of the molecule is CC1=Nc2ccccc2C1(C)C(C)C. The fourth-order valence-electron chi connectivity index (χ4n) is 2.23.